The third-order valence-electron chi connectivity index (χ3n) is 6.10. The minimum atomic E-state index is -1.69. The standard InChI is InChI=1S/C22H23NO4/c24-21-22(25,16-10-11-19-20(12-16)27-14-26-19)17-8-4-5-9-18(17)23(21)13-15-6-2-1-3-7-15/h4-5,8-12,15,25H,1-3,6-7,13-14H2. The molecule has 1 atom stereocenters. The van der Waals surface area contributed by atoms with Crippen molar-refractivity contribution in [2.75, 3.05) is 18.2 Å². The number of fused-ring (bicyclic) bond motifs is 2. The van der Waals surface area contributed by atoms with Crippen LogP contribution in [0.1, 0.15) is 43.2 Å². The average molecular weight is 365 g/mol. The fraction of sp³-hybridized carbons (Fsp3) is 0.409. The Kier molecular flexibility index (Phi) is 3.86. The predicted octanol–water partition coefficient (Wildman–Crippen LogP) is 3.58. The van der Waals surface area contributed by atoms with Gasteiger partial charge >= 0.3 is 0 Å². The minimum absolute atomic E-state index is 0.162. The van der Waals surface area contributed by atoms with Gasteiger partial charge in [-0.25, -0.2) is 0 Å². The van der Waals surface area contributed by atoms with Crippen LogP contribution in [0.15, 0.2) is 42.5 Å². The molecule has 1 fully saturated rings. The summed E-state index contributed by atoms with van der Waals surface area (Å²) in [5.74, 6) is 1.43. The van der Waals surface area contributed by atoms with E-state index in [0.29, 0.717) is 35.1 Å². The lowest BCUT2D eigenvalue weighted by Crippen LogP contribution is -2.43. The predicted molar refractivity (Wildman–Crippen MR) is 101 cm³/mol. The van der Waals surface area contributed by atoms with Crippen LogP contribution in [0, 0.1) is 5.92 Å². The van der Waals surface area contributed by atoms with Gasteiger partial charge in [0.05, 0.1) is 5.69 Å². The van der Waals surface area contributed by atoms with Crippen LogP contribution >= 0.6 is 0 Å². The van der Waals surface area contributed by atoms with Crippen LogP contribution in [0.25, 0.3) is 0 Å². The maximum absolute atomic E-state index is 13.5. The van der Waals surface area contributed by atoms with E-state index in [1.807, 2.05) is 24.3 Å². The number of carbonyl (C=O) groups excluding carboxylic acids is 1. The first-order valence-electron chi connectivity index (χ1n) is 9.72. The number of anilines is 1. The topological polar surface area (TPSA) is 59.0 Å². The molecule has 2 aromatic carbocycles. The van der Waals surface area contributed by atoms with Gasteiger partial charge in [-0.05, 0) is 37.0 Å². The number of aliphatic hydroxyl groups is 1. The van der Waals surface area contributed by atoms with E-state index in [4.69, 9.17) is 9.47 Å². The van der Waals surface area contributed by atoms with Crippen molar-refractivity contribution < 1.29 is 19.4 Å². The van der Waals surface area contributed by atoms with E-state index in [0.717, 1.165) is 18.5 Å². The number of nitrogens with zero attached hydrogens (tertiary/aromatic N) is 1. The molecule has 0 aromatic heterocycles. The van der Waals surface area contributed by atoms with Gasteiger partial charge in [-0.1, -0.05) is 43.5 Å². The van der Waals surface area contributed by atoms with Crippen molar-refractivity contribution in [1.82, 2.24) is 0 Å². The van der Waals surface area contributed by atoms with Crippen LogP contribution in [0.5, 0.6) is 11.5 Å². The van der Waals surface area contributed by atoms with E-state index in [-0.39, 0.29) is 12.7 Å². The first-order chi connectivity index (χ1) is 13.2. The molecule has 0 radical (unpaired) electrons. The Hall–Kier alpha value is -2.53. The van der Waals surface area contributed by atoms with Gasteiger partial charge in [0.2, 0.25) is 6.79 Å². The summed E-state index contributed by atoms with van der Waals surface area (Å²) in [6.07, 6.45) is 6.02. The van der Waals surface area contributed by atoms with Gasteiger partial charge in [0, 0.05) is 17.7 Å². The van der Waals surface area contributed by atoms with Crippen molar-refractivity contribution in [2.24, 2.45) is 5.92 Å². The first-order valence-corrected chi connectivity index (χ1v) is 9.72. The van der Waals surface area contributed by atoms with Crippen LogP contribution in [0.4, 0.5) is 5.69 Å². The first kappa shape index (κ1) is 16.6. The molecular formula is C22H23NO4. The van der Waals surface area contributed by atoms with Crippen LogP contribution in [-0.2, 0) is 10.4 Å². The number of amides is 1. The van der Waals surface area contributed by atoms with Crippen molar-refractivity contribution in [1.29, 1.82) is 0 Å². The molecule has 1 amide bonds. The third kappa shape index (κ3) is 2.52. The van der Waals surface area contributed by atoms with E-state index in [9.17, 15) is 9.90 Å². The Balaban J connectivity index is 1.55. The highest BCUT2D eigenvalue weighted by Crippen LogP contribution is 2.47. The van der Waals surface area contributed by atoms with Crippen LogP contribution in [0.2, 0.25) is 0 Å². The smallest absolute Gasteiger partial charge is 0.268 e. The molecule has 0 bridgehead atoms. The molecule has 5 heteroatoms. The number of ether oxygens (including phenoxy) is 2. The van der Waals surface area contributed by atoms with Crippen LogP contribution in [0.3, 0.4) is 0 Å². The lowest BCUT2D eigenvalue weighted by molar-refractivity contribution is -0.132. The van der Waals surface area contributed by atoms with E-state index in [2.05, 4.69) is 0 Å². The summed E-state index contributed by atoms with van der Waals surface area (Å²) in [6, 6.07) is 12.8. The molecule has 0 saturated heterocycles. The Bertz CT molecular complexity index is 890. The van der Waals surface area contributed by atoms with Gasteiger partial charge in [-0.2, -0.15) is 0 Å². The van der Waals surface area contributed by atoms with Gasteiger partial charge < -0.3 is 19.5 Å². The van der Waals surface area contributed by atoms with E-state index in [1.165, 1.54) is 19.3 Å². The normalized spacial score (nSPS) is 24.3. The van der Waals surface area contributed by atoms with Crippen LogP contribution in [-0.4, -0.2) is 24.4 Å². The van der Waals surface area contributed by atoms with Crippen LogP contribution < -0.4 is 14.4 Å². The summed E-state index contributed by atoms with van der Waals surface area (Å²) in [5, 5.41) is 11.6. The van der Waals surface area contributed by atoms with Crippen molar-refractivity contribution in [3.8, 4) is 11.5 Å². The molecule has 1 N–H and O–H groups in total. The Labute approximate surface area is 158 Å². The van der Waals surface area contributed by atoms with Gasteiger partial charge in [0.15, 0.2) is 17.1 Å². The zero-order chi connectivity index (χ0) is 18.4. The molecule has 0 spiro atoms. The number of hydrogen-bond donors (Lipinski definition) is 1. The largest absolute Gasteiger partial charge is 0.454 e. The Morgan fingerprint density at radius 3 is 2.67 bits per heavy atom. The molecular weight excluding hydrogens is 342 g/mol. The van der Waals surface area contributed by atoms with Crippen molar-refractivity contribution >= 4 is 11.6 Å². The van der Waals surface area contributed by atoms with E-state index >= 15 is 0 Å². The molecule has 2 aromatic rings. The third-order valence-corrected chi connectivity index (χ3v) is 6.10. The number of rotatable bonds is 3. The monoisotopic (exact) mass is 365 g/mol. The second kappa shape index (κ2) is 6.27. The maximum atomic E-state index is 13.5. The Morgan fingerprint density at radius 1 is 1.04 bits per heavy atom. The second-order valence-electron chi connectivity index (χ2n) is 7.72. The van der Waals surface area contributed by atoms with Crippen molar-refractivity contribution in [3.63, 3.8) is 0 Å². The van der Waals surface area contributed by atoms with Crippen molar-refractivity contribution in [2.45, 2.75) is 37.7 Å². The zero-order valence-corrected chi connectivity index (χ0v) is 15.2. The molecule has 1 aliphatic carbocycles. The fourth-order valence-corrected chi connectivity index (χ4v) is 4.64. The highest BCUT2D eigenvalue weighted by Gasteiger charge is 2.51. The summed E-state index contributed by atoms with van der Waals surface area (Å²) in [6.45, 7) is 0.832. The quantitative estimate of drug-likeness (QED) is 0.903. The summed E-state index contributed by atoms with van der Waals surface area (Å²) in [5.41, 5.74) is 0.292. The van der Waals surface area contributed by atoms with Gasteiger partial charge in [0.1, 0.15) is 0 Å². The molecule has 27 heavy (non-hydrogen) atoms. The minimum Gasteiger partial charge on any atom is -0.454 e. The molecule has 5 nitrogen and oxygen atoms in total. The summed E-state index contributed by atoms with van der Waals surface area (Å²) < 4.78 is 10.8. The molecule has 1 unspecified atom stereocenters. The fourth-order valence-electron chi connectivity index (χ4n) is 4.64. The van der Waals surface area contributed by atoms with E-state index in [1.54, 1.807) is 23.1 Å². The molecule has 1 saturated carbocycles. The maximum Gasteiger partial charge on any atom is 0.268 e. The lowest BCUT2D eigenvalue weighted by atomic mass is 9.87. The lowest BCUT2D eigenvalue weighted by Gasteiger charge is -2.28. The molecule has 140 valence electrons. The van der Waals surface area contributed by atoms with E-state index < -0.39 is 5.60 Å². The SMILES string of the molecule is O=C1N(CC2CCCCC2)c2ccccc2C1(O)c1ccc2c(c1)OCO2. The molecule has 3 aliphatic rings. The summed E-state index contributed by atoms with van der Waals surface area (Å²) in [7, 11) is 0. The number of benzene rings is 2. The molecule has 2 aliphatic heterocycles. The van der Waals surface area contributed by atoms with Gasteiger partial charge in [-0.15, -0.1) is 0 Å². The zero-order valence-electron chi connectivity index (χ0n) is 15.2. The summed E-state index contributed by atoms with van der Waals surface area (Å²) in [4.78, 5) is 15.2. The number of carbonyl (C=O) groups is 1. The van der Waals surface area contributed by atoms with Crippen molar-refractivity contribution in [3.05, 3.63) is 53.6 Å². The van der Waals surface area contributed by atoms with Gasteiger partial charge in [-0.3, -0.25) is 4.79 Å². The second-order valence-corrected chi connectivity index (χ2v) is 7.72. The highest BCUT2D eigenvalue weighted by molar-refractivity contribution is 6.09. The molecule has 5 rings (SSSR count). The van der Waals surface area contributed by atoms with Gasteiger partial charge in [0.25, 0.3) is 5.91 Å². The summed E-state index contributed by atoms with van der Waals surface area (Å²) >= 11 is 0. The number of hydrogen-bond acceptors (Lipinski definition) is 4. The Morgan fingerprint density at radius 2 is 1.81 bits per heavy atom. The highest BCUT2D eigenvalue weighted by atomic mass is 16.7. The number of para-hydroxylation sites is 1. The average Bonchev–Trinajstić information content (AvgIpc) is 3.26. The molecule has 2 heterocycles.